The Morgan fingerprint density at radius 1 is 1.25 bits per heavy atom. The van der Waals surface area contributed by atoms with Gasteiger partial charge in [-0.05, 0) is 18.9 Å². The van der Waals surface area contributed by atoms with Crippen molar-refractivity contribution in [3.8, 4) is 0 Å². The van der Waals surface area contributed by atoms with Gasteiger partial charge in [-0.15, -0.1) is 0 Å². The molecule has 1 aliphatic heterocycles. The summed E-state index contributed by atoms with van der Waals surface area (Å²) in [5, 5.41) is 7.94. The van der Waals surface area contributed by atoms with Crippen molar-refractivity contribution in [1.29, 1.82) is 0 Å². The Morgan fingerprint density at radius 3 is 2.71 bits per heavy atom. The van der Waals surface area contributed by atoms with E-state index in [0.717, 1.165) is 13.0 Å². The number of carbonyl (C=O) groups is 2. The van der Waals surface area contributed by atoms with Gasteiger partial charge in [0.2, 0.25) is 5.91 Å². The first-order chi connectivity index (χ1) is 11.6. The highest BCUT2D eigenvalue weighted by molar-refractivity contribution is 6.04. The van der Waals surface area contributed by atoms with Crippen LogP contribution in [0.3, 0.4) is 0 Å². The van der Waals surface area contributed by atoms with Gasteiger partial charge in [0.25, 0.3) is 11.5 Å². The predicted octanol–water partition coefficient (Wildman–Crippen LogP) is 0.676. The Bertz CT molecular complexity index is 843. The van der Waals surface area contributed by atoms with E-state index in [0.29, 0.717) is 36.7 Å². The summed E-state index contributed by atoms with van der Waals surface area (Å²) in [6, 6.07) is 6.95. The molecule has 3 rings (SSSR count). The summed E-state index contributed by atoms with van der Waals surface area (Å²) in [7, 11) is 1.53. The first-order valence-corrected chi connectivity index (χ1v) is 8.10. The maximum Gasteiger partial charge on any atom is 0.274 e. The van der Waals surface area contributed by atoms with Crippen LogP contribution in [0.25, 0.3) is 10.8 Å². The van der Waals surface area contributed by atoms with Crippen LogP contribution < -0.4 is 10.9 Å². The molecule has 2 heterocycles. The molecule has 0 spiro atoms. The van der Waals surface area contributed by atoms with E-state index in [-0.39, 0.29) is 23.1 Å². The highest BCUT2D eigenvalue weighted by atomic mass is 16.2. The SMILES string of the molecule is Cn1nc(C(=O)NCCCN2CCCC2=O)c2ccccc2c1=O. The molecule has 126 valence electrons. The van der Waals surface area contributed by atoms with E-state index in [2.05, 4.69) is 10.4 Å². The molecule has 0 aliphatic carbocycles. The number of fused-ring (bicyclic) bond motifs is 1. The number of likely N-dealkylation sites (tertiary alicyclic amines) is 1. The van der Waals surface area contributed by atoms with Crippen LogP contribution in [0.1, 0.15) is 29.8 Å². The van der Waals surface area contributed by atoms with E-state index in [4.69, 9.17) is 0 Å². The summed E-state index contributed by atoms with van der Waals surface area (Å²) in [6.07, 6.45) is 2.24. The fraction of sp³-hybridized carbons (Fsp3) is 0.412. The number of nitrogens with zero attached hydrogens (tertiary/aromatic N) is 3. The minimum atomic E-state index is -0.311. The second-order valence-corrected chi connectivity index (χ2v) is 5.92. The molecule has 2 aromatic rings. The maximum absolute atomic E-state index is 12.4. The van der Waals surface area contributed by atoms with E-state index in [1.807, 2.05) is 4.90 Å². The van der Waals surface area contributed by atoms with Crippen LogP contribution in [-0.4, -0.2) is 46.1 Å². The average molecular weight is 328 g/mol. The van der Waals surface area contributed by atoms with Crippen molar-refractivity contribution < 1.29 is 9.59 Å². The second kappa shape index (κ2) is 6.82. The Labute approximate surface area is 139 Å². The lowest BCUT2D eigenvalue weighted by atomic mass is 10.1. The summed E-state index contributed by atoms with van der Waals surface area (Å²) in [4.78, 5) is 37.8. The lowest BCUT2D eigenvalue weighted by Gasteiger charge is -2.15. The minimum absolute atomic E-state index is 0.187. The van der Waals surface area contributed by atoms with Crippen molar-refractivity contribution >= 4 is 22.6 Å². The molecule has 7 heteroatoms. The molecule has 0 atom stereocenters. The number of benzene rings is 1. The number of aryl methyl sites for hydroxylation is 1. The number of nitrogens with one attached hydrogen (secondary N) is 1. The second-order valence-electron chi connectivity index (χ2n) is 5.92. The number of carbonyl (C=O) groups excluding carboxylic acids is 2. The molecule has 1 saturated heterocycles. The van der Waals surface area contributed by atoms with Crippen LogP contribution in [-0.2, 0) is 11.8 Å². The Hall–Kier alpha value is -2.70. The molecular weight excluding hydrogens is 308 g/mol. The van der Waals surface area contributed by atoms with E-state index < -0.39 is 0 Å². The number of hydrogen-bond donors (Lipinski definition) is 1. The molecule has 24 heavy (non-hydrogen) atoms. The zero-order chi connectivity index (χ0) is 17.1. The highest BCUT2D eigenvalue weighted by Crippen LogP contribution is 2.13. The van der Waals surface area contributed by atoms with Gasteiger partial charge in [-0.3, -0.25) is 14.4 Å². The number of hydrogen-bond acceptors (Lipinski definition) is 4. The summed E-state index contributed by atoms with van der Waals surface area (Å²) >= 11 is 0. The van der Waals surface area contributed by atoms with Gasteiger partial charge in [-0.25, -0.2) is 4.68 Å². The molecule has 0 bridgehead atoms. The summed E-state index contributed by atoms with van der Waals surface area (Å²) in [5.41, 5.74) is 0.0136. The fourth-order valence-corrected chi connectivity index (χ4v) is 2.96. The molecule has 1 aliphatic rings. The first-order valence-electron chi connectivity index (χ1n) is 8.10. The molecule has 7 nitrogen and oxygen atoms in total. The van der Waals surface area contributed by atoms with Crippen molar-refractivity contribution in [3.63, 3.8) is 0 Å². The lowest BCUT2D eigenvalue weighted by molar-refractivity contribution is -0.127. The third-order valence-electron chi connectivity index (χ3n) is 4.23. The first kappa shape index (κ1) is 16.2. The third kappa shape index (κ3) is 3.15. The summed E-state index contributed by atoms with van der Waals surface area (Å²) in [6.45, 7) is 1.92. The van der Waals surface area contributed by atoms with Gasteiger partial charge in [0, 0.05) is 38.5 Å². The molecule has 0 radical (unpaired) electrons. The van der Waals surface area contributed by atoms with Gasteiger partial charge < -0.3 is 10.2 Å². The number of aromatic nitrogens is 2. The Balaban J connectivity index is 1.67. The largest absolute Gasteiger partial charge is 0.351 e. The van der Waals surface area contributed by atoms with Crippen LogP contribution >= 0.6 is 0 Å². The van der Waals surface area contributed by atoms with Gasteiger partial charge in [0.15, 0.2) is 5.69 Å². The third-order valence-corrected chi connectivity index (χ3v) is 4.23. The number of amides is 2. The highest BCUT2D eigenvalue weighted by Gasteiger charge is 2.19. The molecule has 0 unspecified atom stereocenters. The van der Waals surface area contributed by atoms with Crippen LogP contribution in [0.4, 0.5) is 0 Å². The summed E-state index contributed by atoms with van der Waals surface area (Å²) in [5.74, 6) is -0.124. The van der Waals surface area contributed by atoms with Gasteiger partial charge in [-0.1, -0.05) is 18.2 Å². The number of rotatable bonds is 5. The van der Waals surface area contributed by atoms with Crippen molar-refractivity contribution in [2.45, 2.75) is 19.3 Å². The smallest absolute Gasteiger partial charge is 0.274 e. The molecule has 1 N–H and O–H groups in total. The zero-order valence-electron chi connectivity index (χ0n) is 13.6. The van der Waals surface area contributed by atoms with Crippen molar-refractivity contribution in [2.24, 2.45) is 7.05 Å². The zero-order valence-corrected chi connectivity index (χ0v) is 13.6. The van der Waals surface area contributed by atoms with Gasteiger partial charge in [0.05, 0.1) is 5.39 Å². The van der Waals surface area contributed by atoms with Gasteiger partial charge in [-0.2, -0.15) is 5.10 Å². The maximum atomic E-state index is 12.4. The van der Waals surface area contributed by atoms with E-state index in [9.17, 15) is 14.4 Å². The topological polar surface area (TPSA) is 84.3 Å². The average Bonchev–Trinajstić information content (AvgIpc) is 3.00. The molecule has 2 amide bonds. The quantitative estimate of drug-likeness (QED) is 0.818. The van der Waals surface area contributed by atoms with Gasteiger partial charge in [0.1, 0.15) is 0 Å². The Kier molecular flexibility index (Phi) is 4.59. The standard InChI is InChI=1S/C17H20N4O3/c1-20-17(24)13-7-3-2-6-12(13)15(19-20)16(23)18-9-5-11-21-10-4-8-14(21)22/h2-3,6-7H,4-5,8-11H2,1H3,(H,18,23). The molecule has 1 aromatic carbocycles. The van der Waals surface area contributed by atoms with Crippen molar-refractivity contribution in [3.05, 3.63) is 40.3 Å². The predicted molar refractivity (Wildman–Crippen MR) is 89.7 cm³/mol. The molecule has 0 saturated carbocycles. The fourth-order valence-electron chi connectivity index (χ4n) is 2.96. The van der Waals surface area contributed by atoms with E-state index >= 15 is 0 Å². The minimum Gasteiger partial charge on any atom is -0.351 e. The van der Waals surface area contributed by atoms with Gasteiger partial charge >= 0.3 is 0 Å². The normalized spacial score (nSPS) is 14.4. The van der Waals surface area contributed by atoms with Crippen molar-refractivity contribution in [1.82, 2.24) is 20.0 Å². The van der Waals surface area contributed by atoms with Crippen LogP contribution in [0.15, 0.2) is 29.1 Å². The Morgan fingerprint density at radius 2 is 2.00 bits per heavy atom. The van der Waals surface area contributed by atoms with E-state index in [1.54, 1.807) is 24.3 Å². The van der Waals surface area contributed by atoms with E-state index in [1.165, 1.54) is 11.7 Å². The van der Waals surface area contributed by atoms with Crippen LogP contribution in [0.5, 0.6) is 0 Å². The molecular formula is C17H20N4O3. The van der Waals surface area contributed by atoms with Crippen molar-refractivity contribution in [2.75, 3.05) is 19.6 Å². The lowest BCUT2D eigenvalue weighted by Crippen LogP contribution is -2.32. The van der Waals surface area contributed by atoms with Crippen LogP contribution in [0.2, 0.25) is 0 Å². The molecule has 1 fully saturated rings. The van der Waals surface area contributed by atoms with Crippen LogP contribution in [0, 0.1) is 0 Å². The summed E-state index contributed by atoms with van der Waals surface area (Å²) < 4.78 is 1.18. The monoisotopic (exact) mass is 328 g/mol. The molecule has 1 aromatic heterocycles.